The molecule has 1 aliphatic heterocycles. The molecule has 2 aromatic heterocycles. The minimum Gasteiger partial charge on any atom is -0.468 e. The average molecular weight is 541 g/mol. The van der Waals surface area contributed by atoms with Crippen LogP contribution >= 0.6 is 35.3 Å². The van der Waals surface area contributed by atoms with Crippen LogP contribution in [0, 0.1) is 0 Å². The molecule has 3 rings (SSSR count). The summed E-state index contributed by atoms with van der Waals surface area (Å²) in [7, 11) is 1.72. The number of ether oxygens (including phenoxy) is 1. The molecule has 6 nitrogen and oxygen atoms in total. The van der Waals surface area contributed by atoms with Gasteiger partial charge in [0.05, 0.1) is 5.00 Å². The minimum absolute atomic E-state index is 0. The third kappa shape index (κ3) is 7.21. The van der Waals surface area contributed by atoms with Gasteiger partial charge in [0.25, 0.3) is 0 Å². The lowest BCUT2D eigenvalue weighted by Crippen LogP contribution is -2.52. The van der Waals surface area contributed by atoms with Crippen molar-refractivity contribution in [3.8, 4) is 5.88 Å². The van der Waals surface area contributed by atoms with E-state index in [4.69, 9.17) is 4.74 Å². The van der Waals surface area contributed by atoms with E-state index in [0.717, 1.165) is 37.7 Å². The predicted molar refractivity (Wildman–Crippen MR) is 120 cm³/mol. The second-order valence-electron chi connectivity index (χ2n) is 6.23. The van der Waals surface area contributed by atoms with E-state index in [1.807, 2.05) is 6.07 Å². The van der Waals surface area contributed by atoms with Gasteiger partial charge >= 0.3 is 6.18 Å². The molecular weight excluding hydrogens is 518 g/mol. The number of pyridine rings is 1. The van der Waals surface area contributed by atoms with E-state index in [1.165, 1.54) is 17.3 Å². The number of piperazine rings is 1. The van der Waals surface area contributed by atoms with Gasteiger partial charge in [0.15, 0.2) is 12.6 Å². The first-order valence-corrected chi connectivity index (χ1v) is 9.71. The van der Waals surface area contributed by atoms with Crippen LogP contribution in [0.3, 0.4) is 0 Å². The molecule has 2 aromatic rings. The zero-order chi connectivity index (χ0) is 20.0. The summed E-state index contributed by atoms with van der Waals surface area (Å²) in [6.07, 6.45) is -2.95. The summed E-state index contributed by atoms with van der Waals surface area (Å²) < 4.78 is 41.5. The van der Waals surface area contributed by atoms with Crippen LogP contribution in [0.2, 0.25) is 0 Å². The quantitative estimate of drug-likeness (QED) is 0.357. The standard InChI is InChI=1S/C18H22F3N5OS.HI/c1-22-17(26-8-6-25(7-9-26)16-3-2-10-28-16)24-12-14-4-5-23-15(11-14)27-13-18(19,20)21;/h2-5,10-11H,6-9,12-13H2,1H3,(H,22,24);1H. The molecule has 0 bridgehead atoms. The van der Waals surface area contributed by atoms with Gasteiger partial charge < -0.3 is 19.9 Å². The molecule has 0 radical (unpaired) electrons. The van der Waals surface area contributed by atoms with Gasteiger partial charge in [-0.15, -0.1) is 35.3 Å². The number of hydrogen-bond donors (Lipinski definition) is 1. The van der Waals surface area contributed by atoms with E-state index >= 15 is 0 Å². The summed E-state index contributed by atoms with van der Waals surface area (Å²) in [5.41, 5.74) is 0.769. The van der Waals surface area contributed by atoms with Crippen LogP contribution in [0.1, 0.15) is 5.56 Å². The molecule has 11 heteroatoms. The fraction of sp³-hybridized carbons (Fsp3) is 0.444. The highest BCUT2D eigenvalue weighted by Gasteiger charge is 2.28. The summed E-state index contributed by atoms with van der Waals surface area (Å²) in [4.78, 5) is 12.7. The molecule has 1 aliphatic rings. The number of guanidine groups is 1. The molecule has 0 aliphatic carbocycles. The number of nitrogens with zero attached hydrogens (tertiary/aromatic N) is 4. The second kappa shape index (κ2) is 10.9. The number of aromatic nitrogens is 1. The molecule has 0 atom stereocenters. The van der Waals surface area contributed by atoms with Gasteiger partial charge in [0.1, 0.15) is 0 Å². The Labute approximate surface area is 188 Å². The molecule has 0 spiro atoms. The third-order valence-electron chi connectivity index (χ3n) is 4.24. The highest BCUT2D eigenvalue weighted by Crippen LogP contribution is 2.22. The molecule has 1 saturated heterocycles. The number of alkyl halides is 3. The Morgan fingerprint density at radius 3 is 2.66 bits per heavy atom. The lowest BCUT2D eigenvalue weighted by Gasteiger charge is -2.37. The van der Waals surface area contributed by atoms with Gasteiger partial charge in [-0.25, -0.2) is 4.98 Å². The van der Waals surface area contributed by atoms with E-state index in [-0.39, 0.29) is 29.9 Å². The Bertz CT molecular complexity index is 780. The van der Waals surface area contributed by atoms with Crippen LogP contribution in [0.5, 0.6) is 5.88 Å². The second-order valence-corrected chi connectivity index (χ2v) is 7.16. The zero-order valence-electron chi connectivity index (χ0n) is 15.9. The van der Waals surface area contributed by atoms with Crippen molar-refractivity contribution in [3.05, 3.63) is 41.4 Å². The predicted octanol–water partition coefficient (Wildman–Crippen LogP) is 3.60. The van der Waals surface area contributed by atoms with Crippen LogP contribution in [0.4, 0.5) is 18.2 Å². The van der Waals surface area contributed by atoms with Crippen molar-refractivity contribution >= 4 is 46.3 Å². The van der Waals surface area contributed by atoms with Gasteiger partial charge in [-0.1, -0.05) is 0 Å². The Hall–Kier alpha value is -1.76. The van der Waals surface area contributed by atoms with E-state index in [2.05, 4.69) is 36.5 Å². The van der Waals surface area contributed by atoms with Crippen molar-refractivity contribution in [2.45, 2.75) is 12.7 Å². The number of rotatable bonds is 5. The van der Waals surface area contributed by atoms with Crippen LogP contribution < -0.4 is 15.0 Å². The van der Waals surface area contributed by atoms with Crippen molar-refractivity contribution in [1.82, 2.24) is 15.2 Å². The monoisotopic (exact) mass is 541 g/mol. The Morgan fingerprint density at radius 1 is 1.28 bits per heavy atom. The highest BCUT2D eigenvalue weighted by atomic mass is 127. The molecule has 29 heavy (non-hydrogen) atoms. The van der Waals surface area contributed by atoms with Crippen molar-refractivity contribution in [2.75, 3.05) is 44.7 Å². The molecule has 0 aromatic carbocycles. The van der Waals surface area contributed by atoms with Crippen molar-refractivity contribution < 1.29 is 17.9 Å². The fourth-order valence-corrected chi connectivity index (χ4v) is 3.68. The van der Waals surface area contributed by atoms with E-state index < -0.39 is 12.8 Å². The number of hydrogen-bond acceptors (Lipinski definition) is 5. The number of aliphatic imine (C=N–C) groups is 1. The molecular formula is C18H23F3IN5OS. The zero-order valence-corrected chi connectivity index (χ0v) is 19.0. The maximum atomic E-state index is 12.3. The number of anilines is 1. The minimum atomic E-state index is -4.39. The molecule has 0 unspecified atom stereocenters. The van der Waals surface area contributed by atoms with Gasteiger partial charge in [-0.05, 0) is 29.1 Å². The van der Waals surface area contributed by atoms with E-state index in [9.17, 15) is 13.2 Å². The normalized spacial score (nSPS) is 15.1. The van der Waals surface area contributed by atoms with Crippen LogP contribution in [-0.4, -0.2) is 61.9 Å². The number of halogens is 4. The lowest BCUT2D eigenvalue weighted by atomic mass is 10.2. The summed E-state index contributed by atoms with van der Waals surface area (Å²) in [6.45, 7) is 2.56. The van der Waals surface area contributed by atoms with Crippen molar-refractivity contribution in [2.24, 2.45) is 4.99 Å². The molecule has 1 fully saturated rings. The molecule has 0 amide bonds. The first kappa shape index (κ1) is 23.5. The van der Waals surface area contributed by atoms with Gasteiger partial charge in [-0.2, -0.15) is 13.2 Å². The Balaban J connectivity index is 0.00000300. The SMILES string of the molecule is CN=C(NCc1ccnc(OCC(F)(F)F)c1)N1CCN(c2cccs2)CC1.I. The van der Waals surface area contributed by atoms with Crippen molar-refractivity contribution in [3.63, 3.8) is 0 Å². The maximum Gasteiger partial charge on any atom is 0.422 e. The smallest absolute Gasteiger partial charge is 0.422 e. The Morgan fingerprint density at radius 2 is 2.03 bits per heavy atom. The molecule has 3 heterocycles. The molecule has 160 valence electrons. The third-order valence-corrected chi connectivity index (χ3v) is 5.17. The van der Waals surface area contributed by atoms with Gasteiger partial charge in [0.2, 0.25) is 5.88 Å². The average Bonchev–Trinajstić information content (AvgIpc) is 3.22. The van der Waals surface area contributed by atoms with Crippen molar-refractivity contribution in [1.29, 1.82) is 0 Å². The molecule has 1 N–H and O–H groups in total. The fourth-order valence-electron chi connectivity index (χ4n) is 2.90. The maximum absolute atomic E-state index is 12.3. The first-order valence-electron chi connectivity index (χ1n) is 8.83. The lowest BCUT2D eigenvalue weighted by molar-refractivity contribution is -0.154. The van der Waals surface area contributed by atoms with Crippen LogP contribution in [-0.2, 0) is 6.54 Å². The first-order chi connectivity index (χ1) is 13.4. The largest absolute Gasteiger partial charge is 0.468 e. The highest BCUT2D eigenvalue weighted by molar-refractivity contribution is 14.0. The number of thiophene rings is 1. The Kier molecular flexibility index (Phi) is 8.80. The van der Waals surface area contributed by atoms with E-state index in [0.29, 0.717) is 6.54 Å². The van der Waals surface area contributed by atoms with Crippen LogP contribution in [0.25, 0.3) is 0 Å². The number of nitrogens with one attached hydrogen (secondary N) is 1. The topological polar surface area (TPSA) is 53.0 Å². The summed E-state index contributed by atoms with van der Waals surface area (Å²) >= 11 is 1.73. The van der Waals surface area contributed by atoms with E-state index in [1.54, 1.807) is 24.5 Å². The van der Waals surface area contributed by atoms with Gasteiger partial charge in [0, 0.05) is 52.0 Å². The van der Waals surface area contributed by atoms with Crippen LogP contribution in [0.15, 0.2) is 40.8 Å². The molecule has 0 saturated carbocycles. The summed E-state index contributed by atoms with van der Waals surface area (Å²) in [5, 5.41) is 6.60. The van der Waals surface area contributed by atoms with Gasteiger partial charge in [-0.3, -0.25) is 4.99 Å². The summed E-state index contributed by atoms with van der Waals surface area (Å²) in [5.74, 6) is 0.719. The summed E-state index contributed by atoms with van der Waals surface area (Å²) in [6, 6.07) is 7.40.